The fraction of sp³-hybridized carbons (Fsp3) is 0.533. The second kappa shape index (κ2) is 5.92. The molecular formula is C15H21ClN2O2. The van der Waals surface area contributed by atoms with Crippen LogP contribution in [0.3, 0.4) is 0 Å². The molecule has 0 spiro atoms. The van der Waals surface area contributed by atoms with Gasteiger partial charge in [0.2, 0.25) is 0 Å². The van der Waals surface area contributed by atoms with Gasteiger partial charge in [0, 0.05) is 18.8 Å². The number of esters is 1. The summed E-state index contributed by atoms with van der Waals surface area (Å²) in [5, 5.41) is 0.507. The molecule has 4 nitrogen and oxygen atoms in total. The third kappa shape index (κ3) is 2.85. The van der Waals surface area contributed by atoms with Crippen molar-refractivity contribution in [2.75, 3.05) is 30.8 Å². The van der Waals surface area contributed by atoms with E-state index in [9.17, 15) is 4.79 Å². The number of halogens is 1. The predicted molar refractivity (Wildman–Crippen MR) is 82.4 cm³/mol. The Morgan fingerprint density at radius 3 is 2.70 bits per heavy atom. The molecule has 5 heteroatoms. The van der Waals surface area contributed by atoms with Gasteiger partial charge in [0.15, 0.2) is 0 Å². The molecule has 2 atom stereocenters. The normalized spacial score (nSPS) is 22.7. The van der Waals surface area contributed by atoms with Crippen molar-refractivity contribution in [1.29, 1.82) is 0 Å². The molecule has 2 N–H and O–H groups in total. The van der Waals surface area contributed by atoms with Crippen molar-refractivity contribution >= 4 is 28.9 Å². The third-order valence-corrected chi connectivity index (χ3v) is 4.43. The highest BCUT2D eigenvalue weighted by molar-refractivity contribution is 6.34. The summed E-state index contributed by atoms with van der Waals surface area (Å²) in [6.45, 7) is 6.25. The van der Waals surface area contributed by atoms with E-state index in [4.69, 9.17) is 22.1 Å². The first-order valence-electron chi connectivity index (χ1n) is 6.86. The number of carbonyl (C=O) groups is 1. The Morgan fingerprint density at radius 2 is 2.10 bits per heavy atom. The second-order valence-corrected chi connectivity index (χ2v) is 5.99. The largest absolute Gasteiger partial charge is 0.465 e. The average molecular weight is 297 g/mol. The maximum absolute atomic E-state index is 12.0. The van der Waals surface area contributed by atoms with E-state index in [-0.39, 0.29) is 0 Å². The summed E-state index contributed by atoms with van der Waals surface area (Å²) in [4.78, 5) is 14.1. The van der Waals surface area contributed by atoms with Crippen LogP contribution in [-0.2, 0) is 4.74 Å². The van der Waals surface area contributed by atoms with Crippen LogP contribution in [0.25, 0.3) is 0 Å². The van der Waals surface area contributed by atoms with E-state index in [0.717, 1.165) is 25.2 Å². The Balaban J connectivity index is 2.42. The van der Waals surface area contributed by atoms with Crippen LogP contribution < -0.4 is 10.6 Å². The number of hydrogen-bond acceptors (Lipinski definition) is 4. The fourth-order valence-electron chi connectivity index (χ4n) is 2.67. The van der Waals surface area contributed by atoms with Crippen molar-refractivity contribution < 1.29 is 9.53 Å². The third-order valence-electron chi connectivity index (χ3n) is 4.14. The monoisotopic (exact) mass is 296 g/mol. The molecule has 2 rings (SSSR count). The van der Waals surface area contributed by atoms with Crippen molar-refractivity contribution in [2.24, 2.45) is 11.8 Å². The molecule has 1 saturated heterocycles. The topological polar surface area (TPSA) is 55.6 Å². The molecule has 1 aliphatic rings. The van der Waals surface area contributed by atoms with Crippen LogP contribution in [0.5, 0.6) is 0 Å². The first-order chi connectivity index (χ1) is 9.43. The van der Waals surface area contributed by atoms with Gasteiger partial charge in [0.1, 0.15) is 0 Å². The second-order valence-electron chi connectivity index (χ2n) is 5.58. The maximum Gasteiger partial charge on any atom is 0.340 e. The van der Waals surface area contributed by atoms with E-state index in [1.165, 1.54) is 7.11 Å². The lowest BCUT2D eigenvalue weighted by Crippen LogP contribution is -2.39. The number of methoxy groups -OCH3 is 1. The molecule has 0 saturated carbocycles. The summed E-state index contributed by atoms with van der Waals surface area (Å²) >= 11 is 6.32. The van der Waals surface area contributed by atoms with Gasteiger partial charge in [-0.25, -0.2) is 4.79 Å². The molecule has 2 unspecified atom stereocenters. The minimum Gasteiger partial charge on any atom is -0.465 e. The molecule has 1 aromatic carbocycles. The summed E-state index contributed by atoms with van der Waals surface area (Å²) in [6, 6.07) is 3.32. The number of piperidine rings is 1. The van der Waals surface area contributed by atoms with Crippen molar-refractivity contribution in [3.05, 3.63) is 22.7 Å². The highest BCUT2D eigenvalue weighted by Crippen LogP contribution is 2.36. The molecule has 20 heavy (non-hydrogen) atoms. The highest BCUT2D eigenvalue weighted by Gasteiger charge is 2.27. The van der Waals surface area contributed by atoms with Crippen LogP contribution in [0.4, 0.5) is 11.4 Å². The molecule has 1 heterocycles. The average Bonchev–Trinajstić information content (AvgIpc) is 2.40. The summed E-state index contributed by atoms with van der Waals surface area (Å²) < 4.78 is 4.85. The first kappa shape index (κ1) is 15.0. The lowest BCUT2D eigenvalue weighted by Gasteiger charge is -2.38. The number of ether oxygens (including phenoxy) is 1. The number of carbonyl (C=O) groups excluding carboxylic acids is 1. The van der Waals surface area contributed by atoms with Crippen LogP contribution in [0, 0.1) is 11.8 Å². The number of anilines is 2. The van der Waals surface area contributed by atoms with Crippen molar-refractivity contribution in [2.45, 2.75) is 20.3 Å². The Hall–Kier alpha value is -1.42. The Labute approximate surface area is 124 Å². The smallest absolute Gasteiger partial charge is 0.340 e. The van der Waals surface area contributed by atoms with Crippen molar-refractivity contribution in [3.63, 3.8) is 0 Å². The molecule has 1 aromatic rings. The molecule has 0 aromatic heterocycles. The zero-order valence-electron chi connectivity index (χ0n) is 12.1. The van der Waals surface area contributed by atoms with Gasteiger partial charge < -0.3 is 15.4 Å². The minimum absolute atomic E-state index is 0.402. The van der Waals surface area contributed by atoms with Gasteiger partial charge in [0.25, 0.3) is 0 Å². The van der Waals surface area contributed by atoms with Crippen LogP contribution in [0.2, 0.25) is 5.02 Å². The number of nitrogens with zero attached hydrogens (tertiary/aromatic N) is 1. The fourth-order valence-corrected chi connectivity index (χ4v) is 3.02. The lowest BCUT2D eigenvalue weighted by atomic mass is 9.88. The Morgan fingerprint density at radius 1 is 1.40 bits per heavy atom. The molecule has 0 amide bonds. The summed E-state index contributed by atoms with van der Waals surface area (Å²) in [5.74, 6) is 0.837. The van der Waals surface area contributed by atoms with E-state index >= 15 is 0 Å². The maximum atomic E-state index is 12.0. The van der Waals surface area contributed by atoms with Gasteiger partial charge in [-0.05, 0) is 30.4 Å². The Kier molecular flexibility index (Phi) is 4.43. The van der Waals surface area contributed by atoms with Gasteiger partial charge >= 0.3 is 5.97 Å². The number of nitrogens with two attached hydrogens (primary N) is 1. The molecular weight excluding hydrogens is 276 g/mol. The summed E-state index contributed by atoms with van der Waals surface area (Å²) in [7, 11) is 1.37. The van der Waals surface area contributed by atoms with Crippen molar-refractivity contribution in [1.82, 2.24) is 0 Å². The standard InChI is InChI=1S/C15H21ClN2O2/c1-9-4-5-18(8-10(9)2)14-12(15(19)20-3)6-11(17)7-13(14)16/h6-7,9-10H,4-5,8,17H2,1-3H3. The van der Waals surface area contributed by atoms with Crippen molar-refractivity contribution in [3.8, 4) is 0 Å². The van der Waals surface area contributed by atoms with Crippen LogP contribution in [0.1, 0.15) is 30.6 Å². The van der Waals surface area contributed by atoms with Gasteiger partial charge in [-0.15, -0.1) is 0 Å². The molecule has 1 aliphatic heterocycles. The molecule has 0 aliphatic carbocycles. The number of rotatable bonds is 2. The summed E-state index contributed by atoms with van der Waals surface area (Å²) in [5.41, 5.74) is 7.44. The zero-order valence-corrected chi connectivity index (χ0v) is 12.9. The van der Waals surface area contributed by atoms with E-state index in [1.54, 1.807) is 12.1 Å². The quantitative estimate of drug-likeness (QED) is 0.672. The number of nitrogen functional groups attached to an aromatic ring is 1. The van der Waals surface area contributed by atoms with E-state index in [2.05, 4.69) is 18.7 Å². The van der Waals surface area contributed by atoms with Gasteiger partial charge in [0.05, 0.1) is 23.4 Å². The number of benzene rings is 1. The van der Waals surface area contributed by atoms with Gasteiger partial charge in [-0.1, -0.05) is 25.4 Å². The summed E-state index contributed by atoms with van der Waals surface area (Å²) in [6.07, 6.45) is 1.09. The van der Waals surface area contributed by atoms with E-state index in [0.29, 0.717) is 28.1 Å². The van der Waals surface area contributed by atoms with Crippen LogP contribution in [0.15, 0.2) is 12.1 Å². The Bertz CT molecular complexity index is 519. The van der Waals surface area contributed by atoms with Gasteiger partial charge in [-0.2, -0.15) is 0 Å². The van der Waals surface area contributed by atoms with Gasteiger partial charge in [-0.3, -0.25) is 0 Å². The minimum atomic E-state index is -0.402. The SMILES string of the molecule is COC(=O)c1cc(N)cc(Cl)c1N1CCC(C)C(C)C1. The lowest BCUT2D eigenvalue weighted by molar-refractivity contribution is 0.0601. The van der Waals surface area contributed by atoms with Crippen LogP contribution >= 0.6 is 11.6 Å². The predicted octanol–water partition coefficient (Wildman–Crippen LogP) is 3.19. The highest BCUT2D eigenvalue weighted by atomic mass is 35.5. The van der Waals surface area contributed by atoms with E-state index < -0.39 is 5.97 Å². The molecule has 0 bridgehead atoms. The molecule has 110 valence electrons. The zero-order chi connectivity index (χ0) is 14.9. The van der Waals surface area contributed by atoms with Crippen LogP contribution in [-0.4, -0.2) is 26.2 Å². The van der Waals surface area contributed by atoms with E-state index in [1.807, 2.05) is 0 Å². The molecule has 0 radical (unpaired) electrons. The number of hydrogen-bond donors (Lipinski definition) is 1. The first-order valence-corrected chi connectivity index (χ1v) is 7.24. The molecule has 1 fully saturated rings.